The van der Waals surface area contributed by atoms with Crippen molar-refractivity contribution in [3.63, 3.8) is 0 Å². The summed E-state index contributed by atoms with van der Waals surface area (Å²) in [6.07, 6.45) is 0. The van der Waals surface area contributed by atoms with Gasteiger partial charge in [0.1, 0.15) is 5.75 Å². The van der Waals surface area contributed by atoms with Gasteiger partial charge in [-0.15, -0.1) is 0 Å². The quantitative estimate of drug-likeness (QED) is 0.478. The van der Waals surface area contributed by atoms with Gasteiger partial charge in [0.05, 0.1) is 18.0 Å². The van der Waals surface area contributed by atoms with Crippen molar-refractivity contribution in [1.29, 1.82) is 0 Å². The van der Waals surface area contributed by atoms with Gasteiger partial charge in [0, 0.05) is 24.2 Å². The molecular formula is C11H12N2O7. The first kappa shape index (κ1) is 15.4. The lowest BCUT2D eigenvalue weighted by Crippen LogP contribution is -2.34. The number of nitro benzene ring substituents is 1. The molecule has 0 spiro atoms. The topological polar surface area (TPSA) is 141 Å². The SMILES string of the molecule is O=C(O)CN(CC(=O)O)Cc1cc([N+](=O)[O-])ccc1O. The first-order valence-corrected chi connectivity index (χ1v) is 5.42. The summed E-state index contributed by atoms with van der Waals surface area (Å²) in [4.78, 5) is 32.3. The molecule has 0 amide bonds. The van der Waals surface area contributed by atoms with Gasteiger partial charge in [-0.2, -0.15) is 0 Å². The summed E-state index contributed by atoms with van der Waals surface area (Å²) >= 11 is 0. The Labute approximate surface area is 112 Å². The first-order valence-electron chi connectivity index (χ1n) is 5.42. The third-order valence-corrected chi connectivity index (χ3v) is 2.39. The van der Waals surface area contributed by atoms with E-state index in [0.717, 1.165) is 23.1 Å². The number of aliphatic carboxylic acids is 2. The molecule has 0 atom stereocenters. The number of hydrogen-bond donors (Lipinski definition) is 3. The average Bonchev–Trinajstić information content (AvgIpc) is 2.29. The van der Waals surface area contributed by atoms with E-state index in [9.17, 15) is 24.8 Å². The minimum absolute atomic E-state index is 0.0849. The fourth-order valence-corrected chi connectivity index (χ4v) is 1.60. The molecule has 108 valence electrons. The van der Waals surface area contributed by atoms with Gasteiger partial charge in [0.2, 0.25) is 0 Å². The predicted molar refractivity (Wildman–Crippen MR) is 65.3 cm³/mol. The standard InChI is InChI=1S/C11H12N2O7/c14-9-2-1-8(13(19)20)3-7(9)4-12(5-10(15)16)6-11(17)18/h1-3,14H,4-6H2,(H,15,16)(H,17,18). The molecule has 0 heterocycles. The summed E-state index contributed by atoms with van der Waals surface area (Å²) in [5, 5.41) is 37.6. The summed E-state index contributed by atoms with van der Waals surface area (Å²) in [7, 11) is 0. The van der Waals surface area contributed by atoms with Gasteiger partial charge in [-0.05, 0) is 6.07 Å². The highest BCUT2D eigenvalue weighted by molar-refractivity contribution is 5.72. The smallest absolute Gasteiger partial charge is 0.317 e. The fraction of sp³-hybridized carbons (Fsp3) is 0.273. The summed E-state index contributed by atoms with van der Waals surface area (Å²) < 4.78 is 0. The number of phenolic OH excluding ortho intramolecular Hbond substituents is 1. The molecule has 1 aromatic rings. The molecule has 0 saturated heterocycles. The summed E-state index contributed by atoms with van der Waals surface area (Å²) in [5.41, 5.74) is -0.190. The average molecular weight is 284 g/mol. The van der Waals surface area contributed by atoms with E-state index in [-0.39, 0.29) is 23.5 Å². The highest BCUT2D eigenvalue weighted by Gasteiger charge is 2.17. The third kappa shape index (κ3) is 4.53. The number of rotatable bonds is 7. The van der Waals surface area contributed by atoms with E-state index < -0.39 is 30.0 Å². The van der Waals surface area contributed by atoms with Crippen LogP contribution in [0.5, 0.6) is 5.75 Å². The van der Waals surface area contributed by atoms with Gasteiger partial charge in [0.15, 0.2) is 0 Å². The molecule has 0 radical (unpaired) electrons. The molecule has 1 rings (SSSR count). The van der Waals surface area contributed by atoms with E-state index in [1.165, 1.54) is 0 Å². The van der Waals surface area contributed by atoms with Gasteiger partial charge in [-0.1, -0.05) is 0 Å². The fourth-order valence-electron chi connectivity index (χ4n) is 1.60. The van der Waals surface area contributed by atoms with Crippen molar-refractivity contribution in [2.45, 2.75) is 6.54 Å². The lowest BCUT2D eigenvalue weighted by Gasteiger charge is -2.18. The van der Waals surface area contributed by atoms with Crippen LogP contribution in [0.25, 0.3) is 0 Å². The van der Waals surface area contributed by atoms with Crippen molar-refractivity contribution in [1.82, 2.24) is 4.90 Å². The van der Waals surface area contributed by atoms with Crippen LogP contribution < -0.4 is 0 Å². The number of phenols is 1. The van der Waals surface area contributed by atoms with Crippen LogP contribution in [0.4, 0.5) is 5.69 Å². The number of non-ortho nitro benzene ring substituents is 1. The highest BCUT2D eigenvalue weighted by atomic mass is 16.6. The summed E-state index contributed by atoms with van der Waals surface area (Å²) in [6.45, 7) is -1.35. The molecule has 0 fully saturated rings. The monoisotopic (exact) mass is 284 g/mol. The molecule has 0 saturated carbocycles. The highest BCUT2D eigenvalue weighted by Crippen LogP contribution is 2.24. The van der Waals surface area contributed by atoms with Gasteiger partial charge in [-0.3, -0.25) is 24.6 Å². The van der Waals surface area contributed by atoms with Crippen LogP contribution in [0.3, 0.4) is 0 Å². The molecule has 1 aromatic carbocycles. The van der Waals surface area contributed by atoms with Gasteiger partial charge < -0.3 is 15.3 Å². The Morgan fingerprint density at radius 1 is 1.20 bits per heavy atom. The number of benzene rings is 1. The maximum atomic E-state index is 10.6. The lowest BCUT2D eigenvalue weighted by molar-refractivity contribution is -0.385. The number of nitro groups is 1. The van der Waals surface area contributed by atoms with Crippen molar-refractivity contribution in [3.05, 3.63) is 33.9 Å². The van der Waals surface area contributed by atoms with Crippen LogP contribution in [-0.4, -0.2) is 50.2 Å². The Balaban J connectivity index is 2.96. The number of carbonyl (C=O) groups is 2. The number of carboxylic acid groups (broad SMARTS) is 2. The molecule has 0 aromatic heterocycles. The molecule has 0 unspecified atom stereocenters. The summed E-state index contributed by atoms with van der Waals surface area (Å²) in [5.74, 6) is -2.75. The molecule has 3 N–H and O–H groups in total. The van der Waals surface area contributed by atoms with Crippen molar-refractivity contribution in [2.24, 2.45) is 0 Å². The molecule has 0 bridgehead atoms. The maximum Gasteiger partial charge on any atom is 0.317 e. The second-order valence-electron chi connectivity index (χ2n) is 4.00. The molecule has 0 aliphatic heterocycles. The number of hydrogen-bond acceptors (Lipinski definition) is 6. The van der Waals surface area contributed by atoms with E-state index >= 15 is 0 Å². The van der Waals surface area contributed by atoms with Crippen LogP contribution >= 0.6 is 0 Å². The Bertz CT molecular complexity index is 528. The number of nitrogens with zero attached hydrogens (tertiary/aromatic N) is 2. The van der Waals surface area contributed by atoms with Crippen molar-refractivity contribution >= 4 is 17.6 Å². The Kier molecular flexibility index (Phi) is 4.98. The second-order valence-corrected chi connectivity index (χ2v) is 4.00. The zero-order valence-electron chi connectivity index (χ0n) is 10.2. The zero-order valence-corrected chi connectivity index (χ0v) is 10.2. The van der Waals surface area contributed by atoms with Gasteiger partial charge >= 0.3 is 11.9 Å². The van der Waals surface area contributed by atoms with E-state index in [0.29, 0.717) is 0 Å². The van der Waals surface area contributed by atoms with Crippen LogP contribution in [0, 0.1) is 10.1 Å². The van der Waals surface area contributed by atoms with Crippen LogP contribution in [0.1, 0.15) is 5.56 Å². The first-order chi connectivity index (χ1) is 9.29. The van der Waals surface area contributed by atoms with E-state index in [2.05, 4.69) is 0 Å². The largest absolute Gasteiger partial charge is 0.508 e. The van der Waals surface area contributed by atoms with Crippen molar-refractivity contribution in [3.8, 4) is 5.75 Å². The Morgan fingerprint density at radius 3 is 2.20 bits per heavy atom. The minimum Gasteiger partial charge on any atom is -0.508 e. The number of aromatic hydroxyl groups is 1. The molecule has 9 heteroatoms. The molecule has 20 heavy (non-hydrogen) atoms. The van der Waals surface area contributed by atoms with Crippen LogP contribution in [-0.2, 0) is 16.1 Å². The van der Waals surface area contributed by atoms with E-state index in [1.807, 2.05) is 0 Å². The molecular weight excluding hydrogens is 272 g/mol. The minimum atomic E-state index is -1.24. The van der Waals surface area contributed by atoms with E-state index in [4.69, 9.17) is 10.2 Å². The van der Waals surface area contributed by atoms with E-state index in [1.54, 1.807) is 0 Å². The molecule has 0 aliphatic carbocycles. The zero-order chi connectivity index (χ0) is 15.3. The molecule has 0 aliphatic rings. The Hall–Kier alpha value is -2.68. The van der Waals surface area contributed by atoms with Crippen molar-refractivity contribution in [2.75, 3.05) is 13.1 Å². The summed E-state index contributed by atoms with van der Waals surface area (Å²) in [6, 6.07) is 3.27. The van der Waals surface area contributed by atoms with Crippen molar-refractivity contribution < 1.29 is 29.8 Å². The third-order valence-electron chi connectivity index (χ3n) is 2.39. The lowest BCUT2D eigenvalue weighted by atomic mass is 10.1. The molecule has 9 nitrogen and oxygen atoms in total. The maximum absolute atomic E-state index is 10.6. The number of carboxylic acids is 2. The van der Waals surface area contributed by atoms with Crippen LogP contribution in [0.15, 0.2) is 18.2 Å². The second kappa shape index (κ2) is 6.48. The van der Waals surface area contributed by atoms with Gasteiger partial charge in [0.25, 0.3) is 5.69 Å². The predicted octanol–water partition coefficient (Wildman–Crippen LogP) is 0.272. The normalized spacial score (nSPS) is 10.4. The Morgan fingerprint density at radius 2 is 1.75 bits per heavy atom. The van der Waals surface area contributed by atoms with Gasteiger partial charge in [-0.25, -0.2) is 0 Å². The van der Waals surface area contributed by atoms with Crippen LogP contribution in [0.2, 0.25) is 0 Å².